The minimum Gasteiger partial charge on any atom is -0.341 e. The van der Waals surface area contributed by atoms with E-state index in [1.54, 1.807) is 6.33 Å². The van der Waals surface area contributed by atoms with Gasteiger partial charge in [-0.3, -0.25) is 14.4 Å². The van der Waals surface area contributed by atoms with Crippen molar-refractivity contribution in [1.82, 2.24) is 24.6 Å². The number of likely N-dealkylation sites (N-methyl/N-ethyl adjacent to an activating group) is 1. The lowest BCUT2D eigenvalue weighted by atomic mass is 9.63. The number of hydrogen-bond acceptors (Lipinski definition) is 5. The Morgan fingerprint density at radius 2 is 1.76 bits per heavy atom. The van der Waals surface area contributed by atoms with E-state index in [9.17, 15) is 4.79 Å². The Labute approximate surface area is 233 Å². The summed E-state index contributed by atoms with van der Waals surface area (Å²) in [6.45, 7) is 2.56. The minimum absolute atomic E-state index is 0.173. The van der Waals surface area contributed by atoms with Crippen LogP contribution >= 0.6 is 11.6 Å². The smallest absolute Gasteiger partial charge is 0.240 e. The number of likely N-dealkylation sites (tertiary alicyclic amines) is 1. The maximum Gasteiger partial charge on any atom is 0.240 e. The Kier molecular flexibility index (Phi) is 9.06. The number of rotatable bonds is 8. The molecule has 0 spiro atoms. The molecule has 2 heterocycles. The first kappa shape index (κ1) is 27.6. The Morgan fingerprint density at radius 1 is 1.08 bits per heavy atom. The molecule has 2 aromatic rings. The fraction of sp³-hybridized carbons (Fsp3) is 0.700. The third-order valence-corrected chi connectivity index (χ3v) is 10.2. The van der Waals surface area contributed by atoms with E-state index in [1.807, 2.05) is 23.1 Å². The van der Waals surface area contributed by atoms with Gasteiger partial charge < -0.3 is 10.6 Å². The van der Waals surface area contributed by atoms with E-state index in [1.165, 1.54) is 32.1 Å². The monoisotopic (exact) mass is 540 g/mol. The lowest BCUT2D eigenvalue weighted by molar-refractivity contribution is -0.141. The molecular weight excluding hydrogens is 496 g/mol. The van der Waals surface area contributed by atoms with E-state index in [-0.39, 0.29) is 17.4 Å². The summed E-state index contributed by atoms with van der Waals surface area (Å²) in [5, 5.41) is 5.20. The number of aromatic nitrogens is 3. The maximum absolute atomic E-state index is 14.2. The van der Waals surface area contributed by atoms with Crippen LogP contribution in [-0.2, 0) is 17.8 Å². The molecule has 1 atom stereocenters. The van der Waals surface area contributed by atoms with E-state index in [4.69, 9.17) is 17.3 Å². The average Bonchev–Trinajstić information content (AvgIpc) is 3.46. The number of benzene rings is 1. The second kappa shape index (κ2) is 12.5. The number of carbonyl (C=O) groups is 1. The highest BCUT2D eigenvalue weighted by Crippen LogP contribution is 2.47. The highest BCUT2D eigenvalue weighted by Gasteiger charge is 2.44. The quantitative estimate of drug-likeness (QED) is 0.513. The molecule has 7 nitrogen and oxygen atoms in total. The first-order valence-corrected chi connectivity index (χ1v) is 15.1. The Morgan fingerprint density at radius 3 is 2.39 bits per heavy atom. The fourth-order valence-corrected chi connectivity index (χ4v) is 7.57. The van der Waals surface area contributed by atoms with Crippen molar-refractivity contribution in [2.75, 3.05) is 20.1 Å². The number of amides is 1. The van der Waals surface area contributed by atoms with Gasteiger partial charge in [0, 0.05) is 36.7 Å². The van der Waals surface area contributed by atoms with Crippen LogP contribution in [0.15, 0.2) is 36.9 Å². The van der Waals surface area contributed by atoms with Gasteiger partial charge in [-0.2, -0.15) is 5.10 Å². The molecule has 2 saturated carbocycles. The van der Waals surface area contributed by atoms with Crippen LogP contribution in [0.3, 0.4) is 0 Å². The normalized spacial score (nSPS) is 25.4. The molecule has 3 aliphatic rings. The van der Waals surface area contributed by atoms with Gasteiger partial charge in [-0.25, -0.2) is 4.98 Å². The molecule has 8 heteroatoms. The van der Waals surface area contributed by atoms with Gasteiger partial charge in [0.1, 0.15) is 12.7 Å². The Balaban J connectivity index is 1.31. The number of nitrogens with zero attached hydrogens (tertiary/aromatic N) is 5. The Bertz CT molecular complexity index is 1010. The van der Waals surface area contributed by atoms with Gasteiger partial charge in [0.15, 0.2) is 0 Å². The molecule has 1 saturated heterocycles. The topological polar surface area (TPSA) is 80.3 Å². The number of halogens is 1. The first-order chi connectivity index (χ1) is 18.4. The molecule has 2 N–H and O–H groups in total. The zero-order valence-corrected chi connectivity index (χ0v) is 23.7. The van der Waals surface area contributed by atoms with Crippen LogP contribution in [-0.4, -0.2) is 68.7 Å². The summed E-state index contributed by atoms with van der Waals surface area (Å²) in [6.07, 6.45) is 17.1. The molecule has 208 valence electrons. The van der Waals surface area contributed by atoms with Gasteiger partial charge in [-0.1, -0.05) is 43.0 Å². The fourth-order valence-electron chi connectivity index (χ4n) is 7.44. The number of carbonyl (C=O) groups excluding carboxylic acids is 1. The molecule has 0 radical (unpaired) electrons. The summed E-state index contributed by atoms with van der Waals surface area (Å²) in [4.78, 5) is 23.0. The standard InChI is InChI=1S/C30H45ClN6O/c1-35(27-13-11-26(32)12-14-27)28(19-23-7-9-25(31)10-8-23)29(38)36-17-15-30(16-18-36,20-37-22-33-21-34-37)24-5-3-2-4-6-24/h7-10,21-22,24,26-28H,2-6,11-20,32H2,1H3/t26?,27?,28-/m1/s1. The van der Waals surface area contributed by atoms with Crippen molar-refractivity contribution in [3.05, 3.63) is 47.5 Å². The predicted octanol–water partition coefficient (Wildman–Crippen LogP) is 4.93. The van der Waals surface area contributed by atoms with Crippen molar-refractivity contribution in [2.45, 2.75) is 102 Å². The highest BCUT2D eigenvalue weighted by molar-refractivity contribution is 6.30. The summed E-state index contributed by atoms with van der Waals surface area (Å²) in [6, 6.07) is 8.52. The molecule has 3 fully saturated rings. The second-order valence-electron chi connectivity index (χ2n) is 12.2. The third kappa shape index (κ3) is 6.43. The van der Waals surface area contributed by atoms with E-state index in [2.05, 4.69) is 39.1 Å². The first-order valence-electron chi connectivity index (χ1n) is 14.8. The van der Waals surface area contributed by atoms with E-state index >= 15 is 0 Å². The largest absolute Gasteiger partial charge is 0.341 e. The molecule has 1 amide bonds. The van der Waals surface area contributed by atoms with Crippen LogP contribution < -0.4 is 5.73 Å². The van der Waals surface area contributed by atoms with Crippen LogP contribution in [0.5, 0.6) is 0 Å². The average molecular weight is 541 g/mol. The van der Waals surface area contributed by atoms with Gasteiger partial charge >= 0.3 is 0 Å². The van der Waals surface area contributed by atoms with Crippen molar-refractivity contribution in [3.63, 3.8) is 0 Å². The summed E-state index contributed by atoms with van der Waals surface area (Å²) in [5.74, 6) is 0.979. The molecule has 0 bridgehead atoms. The molecule has 1 aromatic carbocycles. The lowest BCUT2D eigenvalue weighted by Gasteiger charge is -2.49. The summed E-state index contributed by atoms with van der Waals surface area (Å²) < 4.78 is 2.02. The van der Waals surface area contributed by atoms with E-state index < -0.39 is 0 Å². The predicted molar refractivity (Wildman–Crippen MR) is 152 cm³/mol. The van der Waals surface area contributed by atoms with Gasteiger partial charge in [0.2, 0.25) is 5.91 Å². The summed E-state index contributed by atoms with van der Waals surface area (Å²) >= 11 is 6.16. The second-order valence-corrected chi connectivity index (χ2v) is 12.6. The van der Waals surface area contributed by atoms with Gasteiger partial charge in [-0.05, 0) is 93.9 Å². The zero-order chi connectivity index (χ0) is 26.5. The van der Waals surface area contributed by atoms with Gasteiger partial charge in [0.05, 0.1) is 6.04 Å². The Hall–Kier alpha value is -1.96. The van der Waals surface area contributed by atoms with Crippen molar-refractivity contribution < 1.29 is 4.79 Å². The number of nitrogens with two attached hydrogens (primary N) is 1. The number of hydrogen-bond donors (Lipinski definition) is 1. The SMILES string of the molecule is CN(C1CCC(N)CC1)[C@H](Cc1ccc(Cl)cc1)C(=O)N1CCC(Cn2cncn2)(C2CCCCC2)CC1. The summed E-state index contributed by atoms with van der Waals surface area (Å²) in [7, 11) is 2.15. The molecule has 38 heavy (non-hydrogen) atoms. The third-order valence-electron chi connectivity index (χ3n) is 9.92. The van der Waals surface area contributed by atoms with Crippen LogP contribution in [0.1, 0.15) is 76.2 Å². The molecule has 1 aromatic heterocycles. The van der Waals surface area contributed by atoms with Crippen molar-refractivity contribution >= 4 is 17.5 Å². The molecule has 2 aliphatic carbocycles. The van der Waals surface area contributed by atoms with Crippen LogP contribution in [0.2, 0.25) is 5.02 Å². The molecule has 0 unspecified atom stereocenters. The van der Waals surface area contributed by atoms with Crippen molar-refractivity contribution in [2.24, 2.45) is 17.1 Å². The number of piperidine rings is 1. The molecule has 1 aliphatic heterocycles. The van der Waals surface area contributed by atoms with E-state index in [0.717, 1.165) is 68.7 Å². The maximum atomic E-state index is 14.2. The minimum atomic E-state index is -0.173. The van der Waals surface area contributed by atoms with Crippen LogP contribution in [0.25, 0.3) is 0 Å². The van der Waals surface area contributed by atoms with Crippen LogP contribution in [0.4, 0.5) is 0 Å². The zero-order valence-electron chi connectivity index (χ0n) is 23.0. The van der Waals surface area contributed by atoms with Crippen molar-refractivity contribution in [1.29, 1.82) is 0 Å². The van der Waals surface area contributed by atoms with Gasteiger partial charge in [0.25, 0.3) is 0 Å². The van der Waals surface area contributed by atoms with Crippen molar-refractivity contribution in [3.8, 4) is 0 Å². The van der Waals surface area contributed by atoms with Crippen LogP contribution in [0, 0.1) is 11.3 Å². The highest BCUT2D eigenvalue weighted by atomic mass is 35.5. The molecule has 5 rings (SSSR count). The van der Waals surface area contributed by atoms with E-state index in [0.29, 0.717) is 24.4 Å². The lowest BCUT2D eigenvalue weighted by Crippen LogP contribution is -2.56. The summed E-state index contributed by atoms with van der Waals surface area (Å²) in [5.41, 5.74) is 7.56. The molecular formula is C30H45ClN6O. The van der Waals surface area contributed by atoms with Gasteiger partial charge in [-0.15, -0.1) is 0 Å².